The van der Waals surface area contributed by atoms with E-state index in [4.69, 9.17) is 9.15 Å². The molecule has 1 N–H and O–H groups in total. The van der Waals surface area contributed by atoms with Gasteiger partial charge >= 0.3 is 0 Å². The molecule has 0 spiro atoms. The molecule has 3 rings (SSSR count). The van der Waals surface area contributed by atoms with E-state index in [1.165, 1.54) is 12.1 Å². The summed E-state index contributed by atoms with van der Waals surface area (Å²) in [6, 6.07) is 10.1. The Hall–Kier alpha value is -3.08. The average molecular weight is 381 g/mol. The number of carbonyl (C=O) groups is 1. The minimum Gasteiger partial charge on any atom is -0.493 e. The predicted molar refractivity (Wildman–Crippen MR) is 110 cm³/mol. The van der Waals surface area contributed by atoms with Crippen LogP contribution in [-0.4, -0.2) is 18.6 Å². The topological polar surface area (TPSA) is 51.5 Å². The van der Waals surface area contributed by atoms with Gasteiger partial charge in [-0.1, -0.05) is 12.1 Å². The Kier molecular flexibility index (Phi) is 5.83. The smallest absolute Gasteiger partial charge is 0.244 e. The van der Waals surface area contributed by atoms with Crippen LogP contribution in [0, 0.1) is 5.82 Å². The number of rotatable bonds is 6. The van der Waals surface area contributed by atoms with Gasteiger partial charge in [-0.15, -0.1) is 0 Å². The lowest BCUT2D eigenvalue weighted by Crippen LogP contribution is -2.28. The zero-order valence-corrected chi connectivity index (χ0v) is 16.5. The lowest BCUT2D eigenvalue weighted by atomic mass is 9.99. The van der Waals surface area contributed by atoms with Gasteiger partial charge in [0.15, 0.2) is 0 Å². The first-order valence-corrected chi connectivity index (χ1v) is 9.32. The number of allylic oxidation sites excluding steroid dienone is 1. The van der Waals surface area contributed by atoms with Gasteiger partial charge in [0, 0.05) is 34.7 Å². The van der Waals surface area contributed by atoms with Crippen LogP contribution in [0.25, 0.3) is 27.7 Å². The van der Waals surface area contributed by atoms with Crippen LogP contribution in [0.5, 0.6) is 5.75 Å². The average Bonchev–Trinajstić information content (AvgIpc) is 3.04. The normalized spacial score (nSPS) is 11.9. The second-order valence-electron chi connectivity index (χ2n) is 6.92. The highest BCUT2D eigenvalue weighted by Crippen LogP contribution is 2.37. The van der Waals surface area contributed by atoms with Gasteiger partial charge in [0.1, 0.15) is 17.1 Å². The molecule has 2 aromatic carbocycles. The number of nitrogens with one attached hydrogen (secondary N) is 1. The maximum atomic E-state index is 13.3. The van der Waals surface area contributed by atoms with E-state index in [9.17, 15) is 9.18 Å². The number of furan rings is 1. The van der Waals surface area contributed by atoms with Crippen molar-refractivity contribution in [2.45, 2.75) is 33.7 Å². The molecular formula is C23H24FNO3. The van der Waals surface area contributed by atoms with Crippen molar-refractivity contribution in [3.63, 3.8) is 0 Å². The van der Waals surface area contributed by atoms with Gasteiger partial charge in [0.05, 0.1) is 12.9 Å². The fourth-order valence-electron chi connectivity index (χ4n) is 3.09. The lowest BCUT2D eigenvalue weighted by Gasteiger charge is -2.12. The Morgan fingerprint density at radius 3 is 2.61 bits per heavy atom. The number of carbonyl (C=O) groups excluding carboxylic acids is 1. The summed E-state index contributed by atoms with van der Waals surface area (Å²) in [5.74, 6) is 0.216. The van der Waals surface area contributed by atoms with Crippen molar-refractivity contribution >= 4 is 22.4 Å². The number of benzene rings is 2. The molecule has 0 saturated carbocycles. The Balaban J connectivity index is 2.10. The highest BCUT2D eigenvalue weighted by Gasteiger charge is 2.15. The molecule has 1 heterocycles. The minimum absolute atomic E-state index is 0.0596. The largest absolute Gasteiger partial charge is 0.493 e. The van der Waals surface area contributed by atoms with E-state index in [0.717, 1.165) is 27.6 Å². The maximum Gasteiger partial charge on any atom is 0.244 e. The van der Waals surface area contributed by atoms with Gasteiger partial charge in [-0.25, -0.2) is 4.39 Å². The van der Waals surface area contributed by atoms with E-state index in [2.05, 4.69) is 5.32 Å². The van der Waals surface area contributed by atoms with Crippen LogP contribution < -0.4 is 10.1 Å². The van der Waals surface area contributed by atoms with E-state index in [1.54, 1.807) is 24.5 Å². The molecule has 0 radical (unpaired) electrons. The van der Waals surface area contributed by atoms with E-state index in [-0.39, 0.29) is 17.8 Å². The lowest BCUT2D eigenvalue weighted by molar-refractivity contribution is -0.116. The number of hydrogen-bond acceptors (Lipinski definition) is 3. The highest BCUT2D eigenvalue weighted by molar-refractivity contribution is 6.00. The second kappa shape index (κ2) is 8.30. The number of halogens is 1. The van der Waals surface area contributed by atoms with Crippen molar-refractivity contribution in [3.8, 4) is 16.9 Å². The summed E-state index contributed by atoms with van der Waals surface area (Å²) >= 11 is 0. The fourth-order valence-corrected chi connectivity index (χ4v) is 3.09. The molecule has 0 bridgehead atoms. The van der Waals surface area contributed by atoms with Crippen molar-refractivity contribution < 1.29 is 18.3 Å². The first-order valence-electron chi connectivity index (χ1n) is 9.32. The Morgan fingerprint density at radius 1 is 1.25 bits per heavy atom. The molecule has 0 aliphatic rings. The van der Waals surface area contributed by atoms with Crippen molar-refractivity contribution in [3.05, 3.63) is 60.1 Å². The number of amides is 1. The molecule has 0 atom stereocenters. The maximum absolute atomic E-state index is 13.3. The molecule has 146 valence electrons. The van der Waals surface area contributed by atoms with Gasteiger partial charge in [0.25, 0.3) is 0 Å². The molecular weight excluding hydrogens is 357 g/mol. The third-order valence-electron chi connectivity index (χ3n) is 4.33. The summed E-state index contributed by atoms with van der Waals surface area (Å²) in [7, 11) is 0. The molecule has 4 nitrogen and oxygen atoms in total. The molecule has 0 unspecified atom stereocenters. The van der Waals surface area contributed by atoms with Crippen LogP contribution >= 0.6 is 0 Å². The molecule has 0 fully saturated rings. The van der Waals surface area contributed by atoms with Crippen LogP contribution in [0.4, 0.5) is 4.39 Å². The number of hydrogen-bond donors (Lipinski definition) is 1. The van der Waals surface area contributed by atoms with Gasteiger partial charge in [-0.2, -0.15) is 0 Å². The number of ether oxygens (including phenoxy) is 1. The zero-order valence-electron chi connectivity index (χ0n) is 16.5. The SMILES string of the molecule is CCOc1cc2occ(-c3ccc(F)cc3)c2cc1/C(C)=C/C(=O)NC(C)C. The monoisotopic (exact) mass is 381 g/mol. The standard InChI is InChI=1S/C23H24FNO3/c1-5-27-21-12-22-19(11-18(21)15(4)10-23(26)25-14(2)3)20(13-28-22)16-6-8-17(24)9-7-16/h6-14H,5H2,1-4H3,(H,25,26)/b15-10+. The molecule has 0 saturated heterocycles. The summed E-state index contributed by atoms with van der Waals surface area (Å²) < 4.78 is 24.8. The third-order valence-corrected chi connectivity index (χ3v) is 4.33. The van der Waals surface area contributed by atoms with E-state index in [1.807, 2.05) is 39.8 Å². The Morgan fingerprint density at radius 2 is 1.96 bits per heavy atom. The van der Waals surface area contributed by atoms with Gasteiger partial charge in [-0.05, 0) is 57.0 Å². The van der Waals surface area contributed by atoms with E-state index >= 15 is 0 Å². The van der Waals surface area contributed by atoms with Crippen LogP contribution in [0.1, 0.15) is 33.3 Å². The fraction of sp³-hybridized carbons (Fsp3) is 0.261. The summed E-state index contributed by atoms with van der Waals surface area (Å²) in [6.07, 6.45) is 3.23. The molecule has 1 amide bonds. The molecule has 0 aliphatic heterocycles. The van der Waals surface area contributed by atoms with Crippen molar-refractivity contribution in [1.29, 1.82) is 0 Å². The van der Waals surface area contributed by atoms with Crippen molar-refractivity contribution in [2.24, 2.45) is 0 Å². The third kappa shape index (κ3) is 4.25. The van der Waals surface area contributed by atoms with Crippen molar-refractivity contribution in [2.75, 3.05) is 6.61 Å². The number of fused-ring (bicyclic) bond motifs is 1. The zero-order chi connectivity index (χ0) is 20.3. The second-order valence-corrected chi connectivity index (χ2v) is 6.92. The van der Waals surface area contributed by atoms with Gasteiger partial charge in [0.2, 0.25) is 5.91 Å². The van der Waals surface area contributed by atoms with E-state index < -0.39 is 0 Å². The molecule has 28 heavy (non-hydrogen) atoms. The van der Waals surface area contributed by atoms with E-state index in [0.29, 0.717) is 17.9 Å². The predicted octanol–water partition coefficient (Wildman–Crippen LogP) is 5.57. The van der Waals surface area contributed by atoms with Gasteiger partial charge < -0.3 is 14.5 Å². The molecule has 0 aliphatic carbocycles. The Labute approximate surface area is 164 Å². The van der Waals surface area contributed by atoms with Crippen molar-refractivity contribution in [1.82, 2.24) is 5.32 Å². The summed E-state index contributed by atoms with van der Waals surface area (Å²) in [5.41, 5.74) is 3.99. The Bertz CT molecular complexity index is 1020. The first kappa shape index (κ1) is 19.7. The van der Waals surface area contributed by atoms with Gasteiger partial charge in [-0.3, -0.25) is 4.79 Å². The quantitative estimate of drug-likeness (QED) is 0.568. The van der Waals surface area contributed by atoms with Crippen LogP contribution in [0.15, 0.2) is 53.2 Å². The molecule has 1 aromatic heterocycles. The summed E-state index contributed by atoms with van der Waals surface area (Å²) in [6.45, 7) is 8.11. The summed E-state index contributed by atoms with van der Waals surface area (Å²) in [5, 5.41) is 3.74. The summed E-state index contributed by atoms with van der Waals surface area (Å²) in [4.78, 5) is 12.2. The molecule has 3 aromatic rings. The minimum atomic E-state index is -0.286. The highest BCUT2D eigenvalue weighted by atomic mass is 19.1. The van der Waals surface area contributed by atoms with Crippen LogP contribution in [-0.2, 0) is 4.79 Å². The first-order chi connectivity index (χ1) is 13.4. The van der Waals surface area contributed by atoms with Crippen LogP contribution in [0.3, 0.4) is 0 Å². The van der Waals surface area contributed by atoms with Crippen LogP contribution in [0.2, 0.25) is 0 Å². The molecule has 5 heteroatoms.